The molecular formula is C36H22BN7O16. The molecule has 2 radical (unpaired) electrons. The number of pyridine rings is 2. The van der Waals surface area contributed by atoms with Crippen molar-refractivity contribution in [2.45, 2.75) is 32.6 Å². The highest BCUT2D eigenvalue weighted by Crippen LogP contribution is 2.50. The minimum absolute atomic E-state index is 0.0355. The molecule has 2 aromatic heterocycles. The molecule has 2 aliphatic rings. The van der Waals surface area contributed by atoms with E-state index in [4.69, 9.17) is 31.9 Å². The van der Waals surface area contributed by atoms with Crippen molar-refractivity contribution in [2.24, 2.45) is 5.16 Å². The number of hydrogen-bond acceptors (Lipinski definition) is 18. The van der Waals surface area contributed by atoms with Gasteiger partial charge in [-0.15, -0.1) is 0 Å². The van der Waals surface area contributed by atoms with Gasteiger partial charge in [-0.2, -0.15) is 0 Å². The Bertz CT molecular complexity index is 2790. The lowest BCUT2D eigenvalue weighted by molar-refractivity contribution is -0.395. The SMILES string of the molecule is [B]C(=O)Oc1ccc2nc3c(cc2c1)Cn1c-3cc([C@H](CC)OC(=O)CON=C2c3cc([N+](=O)[O-])cc([N+](=O)[O-])c3-c3c2cc([N+](=O)[O-])cc3[N+](=O)[O-])c(COC=O)c1=O. The molecule has 1 aliphatic heterocycles. The highest BCUT2D eigenvalue weighted by Gasteiger charge is 2.42. The van der Waals surface area contributed by atoms with Gasteiger partial charge in [0.05, 0.1) is 72.0 Å². The summed E-state index contributed by atoms with van der Waals surface area (Å²) in [4.78, 5) is 103. The minimum Gasteiger partial charge on any atom is -0.463 e. The fraction of sp³-hybridized carbons (Fsp3) is 0.167. The lowest BCUT2D eigenvalue weighted by Crippen LogP contribution is -2.27. The van der Waals surface area contributed by atoms with Crippen molar-refractivity contribution in [3.05, 3.63) is 133 Å². The highest BCUT2D eigenvalue weighted by atomic mass is 16.7. The van der Waals surface area contributed by atoms with E-state index >= 15 is 0 Å². The van der Waals surface area contributed by atoms with Gasteiger partial charge >= 0.3 is 5.97 Å². The molecule has 0 unspecified atom stereocenters. The summed E-state index contributed by atoms with van der Waals surface area (Å²) >= 11 is 0. The van der Waals surface area contributed by atoms with Crippen molar-refractivity contribution < 1.29 is 53.1 Å². The average Bonchev–Trinajstić information content (AvgIpc) is 3.72. The van der Waals surface area contributed by atoms with Gasteiger partial charge in [0.15, 0.2) is 0 Å². The van der Waals surface area contributed by atoms with Crippen LogP contribution in [0.15, 0.2) is 64.5 Å². The van der Waals surface area contributed by atoms with E-state index in [1.807, 2.05) is 0 Å². The highest BCUT2D eigenvalue weighted by molar-refractivity contribution is 6.55. The second kappa shape index (κ2) is 15.5. The molecule has 0 amide bonds. The smallest absolute Gasteiger partial charge is 0.347 e. The summed E-state index contributed by atoms with van der Waals surface area (Å²) in [6, 6.07) is 10.6. The number of fused-ring (bicyclic) bond motifs is 7. The molecule has 0 bridgehead atoms. The van der Waals surface area contributed by atoms with Crippen molar-refractivity contribution in [3.8, 4) is 28.3 Å². The molecule has 60 heavy (non-hydrogen) atoms. The predicted molar refractivity (Wildman–Crippen MR) is 202 cm³/mol. The predicted octanol–water partition coefficient (Wildman–Crippen LogP) is 4.84. The summed E-state index contributed by atoms with van der Waals surface area (Å²) in [6.45, 7) is 0.274. The Morgan fingerprint density at radius 1 is 0.917 bits per heavy atom. The van der Waals surface area contributed by atoms with Gasteiger partial charge in [0.25, 0.3) is 34.8 Å². The summed E-state index contributed by atoms with van der Waals surface area (Å²) in [5.41, 5.74) is -4.57. The van der Waals surface area contributed by atoms with Crippen LogP contribution < -0.4 is 10.3 Å². The Hall–Kier alpha value is -8.44. The normalized spacial score (nSPS) is 12.3. The van der Waals surface area contributed by atoms with Crippen LogP contribution >= 0.6 is 0 Å². The van der Waals surface area contributed by atoms with E-state index in [1.54, 1.807) is 31.2 Å². The minimum atomic E-state index is -1.18. The fourth-order valence-corrected chi connectivity index (χ4v) is 7.08. The molecule has 7 rings (SSSR count). The van der Waals surface area contributed by atoms with Crippen LogP contribution in [0.25, 0.3) is 33.4 Å². The van der Waals surface area contributed by atoms with Crippen LogP contribution in [0.5, 0.6) is 5.75 Å². The molecule has 5 aromatic rings. The molecule has 23 nitrogen and oxygen atoms in total. The van der Waals surface area contributed by atoms with E-state index in [0.29, 0.717) is 40.0 Å². The molecule has 3 aromatic carbocycles. The third-order valence-electron chi connectivity index (χ3n) is 9.49. The molecule has 300 valence electrons. The number of benzene rings is 3. The van der Waals surface area contributed by atoms with Gasteiger partial charge in [0.1, 0.15) is 24.2 Å². The van der Waals surface area contributed by atoms with Crippen molar-refractivity contribution in [1.82, 2.24) is 9.55 Å². The Morgan fingerprint density at radius 3 is 2.10 bits per heavy atom. The van der Waals surface area contributed by atoms with Crippen LogP contribution in [0.1, 0.15) is 47.3 Å². The molecular weight excluding hydrogens is 797 g/mol. The number of nitro benzene ring substituents is 4. The number of nitrogens with zero attached hydrogens (tertiary/aromatic N) is 7. The van der Waals surface area contributed by atoms with Crippen LogP contribution in [0.4, 0.5) is 27.5 Å². The maximum Gasteiger partial charge on any atom is 0.347 e. The number of aromatic nitrogens is 2. The van der Waals surface area contributed by atoms with Gasteiger partial charge in [-0.25, -0.2) is 9.78 Å². The summed E-state index contributed by atoms with van der Waals surface area (Å²) in [5.74, 6) is -1.96. The Kier molecular flexibility index (Phi) is 10.3. The molecule has 0 saturated heterocycles. The van der Waals surface area contributed by atoms with E-state index in [1.165, 1.54) is 10.6 Å². The quantitative estimate of drug-likeness (QED) is 0.0465. The zero-order chi connectivity index (χ0) is 43.2. The second-order valence-electron chi connectivity index (χ2n) is 12.9. The lowest BCUT2D eigenvalue weighted by atomic mass is 10.0. The monoisotopic (exact) mass is 819 g/mol. The largest absolute Gasteiger partial charge is 0.463 e. The van der Waals surface area contributed by atoms with E-state index in [-0.39, 0.29) is 36.3 Å². The van der Waals surface area contributed by atoms with Crippen molar-refractivity contribution >= 4 is 65.5 Å². The van der Waals surface area contributed by atoms with Crippen LogP contribution in [-0.2, 0) is 37.1 Å². The number of esters is 1. The van der Waals surface area contributed by atoms with Gasteiger partial charge in [-0.1, -0.05) is 12.1 Å². The van der Waals surface area contributed by atoms with Gasteiger partial charge in [0.2, 0.25) is 20.3 Å². The number of carbonyl (C=O) groups is 3. The van der Waals surface area contributed by atoms with E-state index in [2.05, 4.69) is 5.16 Å². The van der Waals surface area contributed by atoms with Crippen LogP contribution in [0, 0.1) is 40.5 Å². The molecule has 0 saturated carbocycles. The molecule has 1 aliphatic carbocycles. The first-order valence-electron chi connectivity index (χ1n) is 17.2. The van der Waals surface area contributed by atoms with E-state index in [0.717, 1.165) is 12.1 Å². The number of oxime groups is 1. The third kappa shape index (κ3) is 7.07. The third-order valence-corrected chi connectivity index (χ3v) is 9.49. The summed E-state index contributed by atoms with van der Waals surface area (Å²) in [7, 11) is 5.13. The fourth-order valence-electron chi connectivity index (χ4n) is 7.08. The van der Waals surface area contributed by atoms with Crippen LogP contribution in [-0.4, -0.2) is 67.7 Å². The van der Waals surface area contributed by atoms with E-state index in [9.17, 15) is 59.6 Å². The summed E-state index contributed by atoms with van der Waals surface area (Å²) in [6.07, 6.45) is -1.13. The first kappa shape index (κ1) is 39.8. The average molecular weight is 819 g/mol. The zero-order valence-corrected chi connectivity index (χ0v) is 30.4. The standard InChI is InChI=1S/C36H22BN7O16/c1-2-29(21-11-28-33-17(12-40(28)35(47)24(21)13-57-15-45)5-16-6-20(59-36(37)48)3-4-25(16)38-33)60-30(46)14-58-39-34-22-7-18(41(49)50)9-26(43(53)54)31(22)32-23(34)8-19(42(51)52)10-27(32)44(55)56/h3-11,15,29H,2,12-14H2,1H3/t29-/m0/s1. The number of hydrogen-bond donors (Lipinski definition) is 0. The van der Waals surface area contributed by atoms with Crippen molar-refractivity contribution in [3.63, 3.8) is 0 Å². The van der Waals surface area contributed by atoms with Gasteiger partial charge in [-0.05, 0) is 36.8 Å². The topological polar surface area (TPSA) is 308 Å². The molecule has 3 heterocycles. The number of non-ortho nitro benzene ring substituents is 2. The van der Waals surface area contributed by atoms with E-state index < -0.39 is 107 Å². The van der Waals surface area contributed by atoms with Crippen LogP contribution in [0.3, 0.4) is 0 Å². The summed E-state index contributed by atoms with van der Waals surface area (Å²) in [5, 5.41) is 52.0. The first-order valence-corrected chi connectivity index (χ1v) is 17.2. The van der Waals surface area contributed by atoms with Gasteiger partial charge < -0.3 is 23.6 Å². The Balaban J connectivity index is 1.23. The number of nitro groups is 4. The molecule has 0 spiro atoms. The van der Waals surface area contributed by atoms with Crippen LogP contribution in [0.2, 0.25) is 0 Å². The van der Waals surface area contributed by atoms with Gasteiger partial charge in [-0.3, -0.25) is 54.8 Å². The number of rotatable bonds is 14. The molecule has 24 heteroatoms. The molecule has 0 N–H and O–H groups in total. The first-order chi connectivity index (χ1) is 28.6. The number of carbonyl (C=O) groups excluding carboxylic acids is 3. The van der Waals surface area contributed by atoms with Crippen molar-refractivity contribution in [1.29, 1.82) is 0 Å². The molecule has 1 atom stereocenters. The lowest BCUT2D eigenvalue weighted by Gasteiger charge is -2.20. The molecule has 0 fully saturated rings. The summed E-state index contributed by atoms with van der Waals surface area (Å²) < 4.78 is 17.0. The zero-order valence-electron chi connectivity index (χ0n) is 30.4. The Morgan fingerprint density at radius 2 is 1.55 bits per heavy atom. The maximum atomic E-state index is 13.9. The van der Waals surface area contributed by atoms with Crippen molar-refractivity contribution in [2.75, 3.05) is 6.61 Å². The van der Waals surface area contributed by atoms with Gasteiger partial charge in [0, 0.05) is 39.8 Å². The number of ether oxygens (including phenoxy) is 3. The Labute approximate surface area is 333 Å². The maximum absolute atomic E-state index is 13.9. The second-order valence-corrected chi connectivity index (χ2v) is 12.9.